The van der Waals surface area contributed by atoms with Gasteiger partial charge in [0.15, 0.2) is 9.84 Å². The van der Waals surface area contributed by atoms with Crippen LogP contribution in [0.3, 0.4) is 0 Å². The van der Waals surface area contributed by atoms with Crippen LogP contribution in [0, 0.1) is 12.8 Å². The monoisotopic (exact) mass is 267 g/mol. The van der Waals surface area contributed by atoms with Crippen LogP contribution >= 0.6 is 0 Å². The lowest BCUT2D eigenvalue weighted by Gasteiger charge is -2.10. The predicted molar refractivity (Wildman–Crippen MR) is 69.8 cm³/mol. The van der Waals surface area contributed by atoms with Gasteiger partial charge < -0.3 is 5.32 Å². The number of aryl methyl sites for hydroxylation is 1. The molecule has 0 aliphatic carbocycles. The minimum Gasteiger partial charge on any atom is -0.352 e. The Morgan fingerprint density at radius 2 is 2.11 bits per heavy atom. The van der Waals surface area contributed by atoms with E-state index in [1.54, 1.807) is 0 Å². The van der Waals surface area contributed by atoms with Crippen LogP contribution in [0.15, 0.2) is 24.3 Å². The van der Waals surface area contributed by atoms with E-state index in [0.29, 0.717) is 13.0 Å². The molecular formula is C13H17NO3S. The first-order valence-electron chi connectivity index (χ1n) is 6.00. The quantitative estimate of drug-likeness (QED) is 0.890. The van der Waals surface area contributed by atoms with E-state index in [1.807, 2.05) is 31.2 Å². The molecule has 2 rings (SSSR count). The number of amides is 1. The highest BCUT2D eigenvalue weighted by Crippen LogP contribution is 2.18. The number of sulfone groups is 1. The van der Waals surface area contributed by atoms with Gasteiger partial charge in [0.1, 0.15) is 0 Å². The SMILES string of the molecule is Cc1ccccc1CNC(=O)[C@H]1CCS(=O)(=O)C1. The van der Waals surface area contributed by atoms with Crippen molar-refractivity contribution in [2.45, 2.75) is 19.9 Å². The molecule has 0 spiro atoms. The van der Waals surface area contributed by atoms with Gasteiger partial charge in [0.2, 0.25) is 5.91 Å². The number of benzene rings is 1. The zero-order chi connectivity index (χ0) is 13.2. The Hall–Kier alpha value is -1.36. The summed E-state index contributed by atoms with van der Waals surface area (Å²) in [5.41, 5.74) is 2.18. The topological polar surface area (TPSA) is 63.2 Å². The molecule has 1 amide bonds. The minimum absolute atomic E-state index is 0.00734. The van der Waals surface area contributed by atoms with Crippen molar-refractivity contribution in [3.8, 4) is 0 Å². The summed E-state index contributed by atoms with van der Waals surface area (Å²) in [6.07, 6.45) is 0.446. The second-order valence-corrected chi connectivity index (χ2v) is 6.97. The second-order valence-electron chi connectivity index (χ2n) is 4.74. The summed E-state index contributed by atoms with van der Waals surface area (Å²) in [4.78, 5) is 11.8. The molecule has 18 heavy (non-hydrogen) atoms. The lowest BCUT2D eigenvalue weighted by Crippen LogP contribution is -2.31. The molecule has 4 nitrogen and oxygen atoms in total. The highest BCUT2D eigenvalue weighted by molar-refractivity contribution is 7.91. The van der Waals surface area contributed by atoms with Gasteiger partial charge in [-0.2, -0.15) is 0 Å². The second kappa shape index (κ2) is 5.10. The summed E-state index contributed by atoms with van der Waals surface area (Å²) in [5.74, 6) is -0.402. The Kier molecular flexibility index (Phi) is 3.71. The van der Waals surface area contributed by atoms with Gasteiger partial charge in [-0.05, 0) is 24.5 Å². The van der Waals surface area contributed by atoms with Crippen LogP contribution in [-0.2, 0) is 21.2 Å². The van der Waals surface area contributed by atoms with Gasteiger partial charge in [-0.25, -0.2) is 8.42 Å². The summed E-state index contributed by atoms with van der Waals surface area (Å²) >= 11 is 0. The third kappa shape index (κ3) is 3.10. The average molecular weight is 267 g/mol. The maximum absolute atomic E-state index is 11.8. The van der Waals surface area contributed by atoms with Gasteiger partial charge in [0.05, 0.1) is 17.4 Å². The van der Waals surface area contributed by atoms with E-state index in [4.69, 9.17) is 0 Å². The highest BCUT2D eigenvalue weighted by Gasteiger charge is 2.32. The van der Waals surface area contributed by atoms with Crippen molar-refractivity contribution in [2.24, 2.45) is 5.92 Å². The third-order valence-electron chi connectivity index (χ3n) is 3.32. The molecule has 1 aliphatic rings. The number of rotatable bonds is 3. The molecule has 1 aromatic carbocycles. The predicted octanol–water partition coefficient (Wildman–Crippen LogP) is 1.05. The van der Waals surface area contributed by atoms with E-state index in [-0.39, 0.29) is 23.3 Å². The first-order valence-corrected chi connectivity index (χ1v) is 7.83. The minimum atomic E-state index is -2.99. The van der Waals surface area contributed by atoms with Gasteiger partial charge >= 0.3 is 0 Å². The molecule has 1 fully saturated rings. The van der Waals surface area contributed by atoms with Crippen molar-refractivity contribution in [1.29, 1.82) is 0 Å². The van der Waals surface area contributed by atoms with Crippen molar-refractivity contribution in [3.63, 3.8) is 0 Å². The molecule has 0 unspecified atom stereocenters. The Labute approximate surface area is 107 Å². The van der Waals surface area contributed by atoms with Gasteiger partial charge in [-0.3, -0.25) is 4.79 Å². The molecule has 1 aromatic rings. The summed E-state index contributed by atoms with van der Waals surface area (Å²) in [5, 5.41) is 2.82. The van der Waals surface area contributed by atoms with Crippen molar-refractivity contribution >= 4 is 15.7 Å². The average Bonchev–Trinajstić information content (AvgIpc) is 2.68. The molecule has 0 saturated carbocycles. The van der Waals surface area contributed by atoms with E-state index in [9.17, 15) is 13.2 Å². The van der Waals surface area contributed by atoms with Gasteiger partial charge in [0.25, 0.3) is 0 Å². The number of carbonyl (C=O) groups excluding carboxylic acids is 1. The fourth-order valence-electron chi connectivity index (χ4n) is 2.14. The molecule has 1 saturated heterocycles. The van der Waals surface area contributed by atoms with Crippen LogP contribution in [0.2, 0.25) is 0 Å². The van der Waals surface area contributed by atoms with Crippen LogP contribution in [0.1, 0.15) is 17.5 Å². The maximum atomic E-state index is 11.8. The van der Waals surface area contributed by atoms with Gasteiger partial charge in [0, 0.05) is 6.54 Å². The van der Waals surface area contributed by atoms with Gasteiger partial charge in [-0.1, -0.05) is 24.3 Å². The number of nitrogens with one attached hydrogen (secondary N) is 1. The zero-order valence-electron chi connectivity index (χ0n) is 10.3. The fourth-order valence-corrected chi connectivity index (χ4v) is 3.88. The van der Waals surface area contributed by atoms with Crippen LogP contribution in [0.4, 0.5) is 0 Å². The van der Waals surface area contributed by atoms with E-state index >= 15 is 0 Å². The number of carbonyl (C=O) groups is 1. The summed E-state index contributed by atoms with van der Waals surface area (Å²) in [7, 11) is -2.99. The Bertz CT molecular complexity index is 551. The van der Waals surface area contributed by atoms with Crippen molar-refractivity contribution < 1.29 is 13.2 Å². The van der Waals surface area contributed by atoms with Crippen molar-refractivity contribution in [3.05, 3.63) is 35.4 Å². The lowest BCUT2D eigenvalue weighted by molar-refractivity contribution is -0.124. The normalized spacial score (nSPS) is 21.7. The van der Waals surface area contributed by atoms with Gasteiger partial charge in [-0.15, -0.1) is 0 Å². The van der Waals surface area contributed by atoms with Crippen LogP contribution in [0.25, 0.3) is 0 Å². The van der Waals surface area contributed by atoms with Crippen molar-refractivity contribution in [2.75, 3.05) is 11.5 Å². The van der Waals surface area contributed by atoms with Crippen molar-refractivity contribution in [1.82, 2.24) is 5.32 Å². The Morgan fingerprint density at radius 3 is 2.72 bits per heavy atom. The zero-order valence-corrected chi connectivity index (χ0v) is 11.2. The molecule has 0 aromatic heterocycles. The third-order valence-corrected chi connectivity index (χ3v) is 5.09. The molecule has 1 heterocycles. The molecule has 1 aliphatic heterocycles. The molecule has 0 radical (unpaired) electrons. The van der Waals surface area contributed by atoms with Crippen LogP contribution < -0.4 is 5.32 Å². The van der Waals surface area contributed by atoms with E-state index in [2.05, 4.69) is 5.32 Å². The smallest absolute Gasteiger partial charge is 0.224 e. The highest BCUT2D eigenvalue weighted by atomic mass is 32.2. The van der Waals surface area contributed by atoms with Crippen LogP contribution in [0.5, 0.6) is 0 Å². The standard InChI is InChI=1S/C13H17NO3S/c1-10-4-2-3-5-11(10)8-14-13(15)12-6-7-18(16,17)9-12/h2-5,12H,6-9H2,1H3,(H,14,15)/t12-/m0/s1. The first-order chi connectivity index (χ1) is 8.48. The molecule has 0 bridgehead atoms. The van der Waals surface area contributed by atoms with E-state index in [1.165, 1.54) is 0 Å². The number of hydrogen-bond acceptors (Lipinski definition) is 3. The Morgan fingerprint density at radius 1 is 1.39 bits per heavy atom. The molecule has 1 N–H and O–H groups in total. The van der Waals surface area contributed by atoms with E-state index < -0.39 is 9.84 Å². The first kappa shape index (κ1) is 13.1. The lowest BCUT2D eigenvalue weighted by atomic mass is 10.1. The molecule has 1 atom stereocenters. The number of hydrogen-bond donors (Lipinski definition) is 1. The summed E-state index contributed by atoms with van der Waals surface area (Å²) < 4.78 is 22.6. The fraction of sp³-hybridized carbons (Fsp3) is 0.462. The Balaban J connectivity index is 1.92. The maximum Gasteiger partial charge on any atom is 0.224 e. The summed E-state index contributed by atoms with van der Waals surface area (Å²) in [6.45, 7) is 2.45. The van der Waals surface area contributed by atoms with Crippen LogP contribution in [-0.4, -0.2) is 25.8 Å². The molecule has 5 heteroatoms. The summed E-state index contributed by atoms with van der Waals surface area (Å²) in [6, 6.07) is 7.82. The van der Waals surface area contributed by atoms with E-state index in [0.717, 1.165) is 11.1 Å². The largest absolute Gasteiger partial charge is 0.352 e. The molecule has 98 valence electrons. The molecular weight excluding hydrogens is 250 g/mol.